The van der Waals surface area contributed by atoms with Crippen LogP contribution in [0.3, 0.4) is 0 Å². The molecule has 1 aromatic heterocycles. The lowest BCUT2D eigenvalue weighted by Gasteiger charge is -2.22. The molecule has 2 rings (SSSR count). The molecule has 2 unspecified atom stereocenters. The number of hydrogen-bond donors (Lipinski definition) is 3. The number of hydrogen-bond acceptors (Lipinski definition) is 4. The Balaban J connectivity index is 2.21. The first-order valence-electron chi connectivity index (χ1n) is 6.71. The Morgan fingerprint density at radius 3 is 2.58 bits per heavy atom. The number of rotatable bonds is 3. The highest BCUT2D eigenvalue weighted by atomic mass is 32.2. The van der Waals surface area contributed by atoms with Crippen LogP contribution < -0.4 is 10.5 Å². The van der Waals surface area contributed by atoms with E-state index in [4.69, 9.17) is 5.73 Å². The number of nitrogens with two attached hydrogens (primary N) is 1. The molecule has 0 bridgehead atoms. The van der Waals surface area contributed by atoms with Crippen molar-refractivity contribution in [3.8, 4) is 0 Å². The minimum absolute atomic E-state index is 0.107. The molecule has 1 heterocycles. The number of nitrogens with zero attached hydrogens (tertiary/aromatic N) is 1. The van der Waals surface area contributed by atoms with Crippen molar-refractivity contribution in [2.24, 2.45) is 5.73 Å². The Hall–Kier alpha value is -0.920. The van der Waals surface area contributed by atoms with Crippen LogP contribution in [0.15, 0.2) is 4.90 Å². The van der Waals surface area contributed by atoms with Crippen molar-refractivity contribution in [1.29, 1.82) is 0 Å². The van der Waals surface area contributed by atoms with Crippen molar-refractivity contribution in [1.82, 2.24) is 14.9 Å². The van der Waals surface area contributed by atoms with Gasteiger partial charge in [-0.1, -0.05) is 19.3 Å². The molecule has 7 heteroatoms. The van der Waals surface area contributed by atoms with Crippen LogP contribution in [0.1, 0.15) is 43.5 Å². The first kappa shape index (κ1) is 14.5. The summed E-state index contributed by atoms with van der Waals surface area (Å²) in [5.74, 6) is 0. The third-order valence-electron chi connectivity index (χ3n) is 3.71. The van der Waals surface area contributed by atoms with Gasteiger partial charge in [-0.2, -0.15) is 5.10 Å². The maximum absolute atomic E-state index is 12.4. The van der Waals surface area contributed by atoms with Gasteiger partial charge in [0.1, 0.15) is 4.90 Å². The summed E-state index contributed by atoms with van der Waals surface area (Å²) < 4.78 is 27.6. The molecule has 0 aromatic carbocycles. The van der Waals surface area contributed by atoms with Gasteiger partial charge in [0, 0.05) is 12.1 Å². The van der Waals surface area contributed by atoms with Gasteiger partial charge in [0.15, 0.2) is 0 Å². The molecule has 0 radical (unpaired) electrons. The Morgan fingerprint density at radius 1 is 1.26 bits per heavy atom. The molecular formula is C12H22N4O2S. The maximum atomic E-state index is 12.4. The SMILES string of the molecule is Cc1n[nH]c(C)c1S(=O)(=O)NC1CCCCCC1N. The first-order chi connectivity index (χ1) is 8.92. The number of sulfonamides is 1. The van der Waals surface area contributed by atoms with Gasteiger partial charge in [0.25, 0.3) is 0 Å². The molecular weight excluding hydrogens is 264 g/mol. The lowest BCUT2D eigenvalue weighted by Crippen LogP contribution is -2.47. The van der Waals surface area contributed by atoms with Crippen molar-refractivity contribution in [3.05, 3.63) is 11.4 Å². The molecule has 0 spiro atoms. The molecule has 19 heavy (non-hydrogen) atoms. The quantitative estimate of drug-likeness (QED) is 0.720. The van der Waals surface area contributed by atoms with E-state index in [1.807, 2.05) is 0 Å². The van der Waals surface area contributed by atoms with Gasteiger partial charge in [-0.05, 0) is 26.7 Å². The lowest BCUT2D eigenvalue weighted by molar-refractivity contribution is 0.456. The second-order valence-electron chi connectivity index (χ2n) is 5.29. The second-order valence-corrected chi connectivity index (χ2v) is 6.94. The summed E-state index contributed by atoms with van der Waals surface area (Å²) in [5, 5.41) is 6.64. The van der Waals surface area contributed by atoms with Gasteiger partial charge in [-0.3, -0.25) is 5.10 Å². The zero-order valence-electron chi connectivity index (χ0n) is 11.4. The molecule has 1 fully saturated rings. The normalized spacial score (nSPS) is 25.2. The highest BCUT2D eigenvalue weighted by molar-refractivity contribution is 7.89. The average Bonchev–Trinajstić information content (AvgIpc) is 2.54. The van der Waals surface area contributed by atoms with E-state index in [1.165, 1.54) is 0 Å². The lowest BCUT2D eigenvalue weighted by atomic mass is 10.1. The van der Waals surface area contributed by atoms with Crippen molar-refractivity contribution in [3.63, 3.8) is 0 Å². The van der Waals surface area contributed by atoms with Crippen LogP contribution in [0.4, 0.5) is 0 Å². The van der Waals surface area contributed by atoms with Crippen LogP contribution in [-0.2, 0) is 10.0 Å². The largest absolute Gasteiger partial charge is 0.326 e. The van der Waals surface area contributed by atoms with Crippen LogP contribution in [0.5, 0.6) is 0 Å². The summed E-state index contributed by atoms with van der Waals surface area (Å²) in [6.07, 6.45) is 4.88. The molecule has 1 aromatic rings. The molecule has 2 atom stereocenters. The molecule has 0 aliphatic heterocycles. The highest BCUT2D eigenvalue weighted by Crippen LogP contribution is 2.21. The summed E-state index contributed by atoms with van der Waals surface area (Å²) in [7, 11) is -3.55. The third-order valence-corrected chi connectivity index (χ3v) is 5.46. The van der Waals surface area contributed by atoms with Gasteiger partial charge in [0.05, 0.1) is 11.4 Å². The van der Waals surface area contributed by atoms with E-state index in [1.54, 1.807) is 13.8 Å². The molecule has 1 aliphatic rings. The predicted molar refractivity (Wildman–Crippen MR) is 73.2 cm³/mol. The molecule has 1 saturated carbocycles. The summed E-state index contributed by atoms with van der Waals surface area (Å²) in [6.45, 7) is 3.40. The van der Waals surface area contributed by atoms with Crippen LogP contribution in [-0.4, -0.2) is 30.7 Å². The molecule has 0 saturated heterocycles. The Labute approximate surface area is 114 Å². The minimum atomic E-state index is -3.55. The fourth-order valence-electron chi connectivity index (χ4n) is 2.68. The summed E-state index contributed by atoms with van der Waals surface area (Å²) in [5.41, 5.74) is 7.12. The van der Waals surface area contributed by atoms with E-state index in [-0.39, 0.29) is 17.0 Å². The van der Waals surface area contributed by atoms with Gasteiger partial charge in [-0.25, -0.2) is 13.1 Å². The van der Waals surface area contributed by atoms with Crippen LogP contribution >= 0.6 is 0 Å². The van der Waals surface area contributed by atoms with Crippen molar-refractivity contribution >= 4 is 10.0 Å². The summed E-state index contributed by atoms with van der Waals surface area (Å²) in [6, 6.07) is -0.286. The van der Waals surface area contributed by atoms with Crippen LogP contribution in [0.2, 0.25) is 0 Å². The van der Waals surface area contributed by atoms with E-state index >= 15 is 0 Å². The smallest absolute Gasteiger partial charge is 0.244 e. The van der Waals surface area contributed by atoms with E-state index in [0.29, 0.717) is 11.4 Å². The Bertz CT molecular complexity index is 518. The molecule has 0 amide bonds. The van der Waals surface area contributed by atoms with Gasteiger partial charge in [-0.15, -0.1) is 0 Å². The number of aryl methyl sites for hydroxylation is 2. The fourth-order valence-corrected chi connectivity index (χ4v) is 4.37. The van der Waals surface area contributed by atoms with E-state index in [2.05, 4.69) is 14.9 Å². The number of nitrogens with one attached hydrogen (secondary N) is 2. The standard InChI is InChI=1S/C12H22N4O2S/c1-8-12(9(2)15-14-8)19(17,18)16-11-7-5-3-4-6-10(11)13/h10-11,16H,3-7,13H2,1-2H3,(H,14,15). The third kappa shape index (κ3) is 3.16. The fraction of sp³-hybridized carbons (Fsp3) is 0.750. The highest BCUT2D eigenvalue weighted by Gasteiger charge is 2.29. The van der Waals surface area contributed by atoms with Crippen molar-refractivity contribution < 1.29 is 8.42 Å². The van der Waals surface area contributed by atoms with E-state index in [0.717, 1.165) is 32.1 Å². The molecule has 108 valence electrons. The topological polar surface area (TPSA) is 101 Å². The Kier molecular flexibility index (Phi) is 4.27. The number of aromatic amines is 1. The van der Waals surface area contributed by atoms with Gasteiger partial charge < -0.3 is 5.73 Å². The maximum Gasteiger partial charge on any atom is 0.244 e. The zero-order valence-corrected chi connectivity index (χ0v) is 12.3. The molecule has 1 aliphatic carbocycles. The van der Waals surface area contributed by atoms with Crippen LogP contribution in [0, 0.1) is 13.8 Å². The second kappa shape index (κ2) is 5.60. The van der Waals surface area contributed by atoms with E-state index in [9.17, 15) is 8.42 Å². The van der Waals surface area contributed by atoms with E-state index < -0.39 is 10.0 Å². The monoisotopic (exact) mass is 286 g/mol. The van der Waals surface area contributed by atoms with Crippen LogP contribution in [0.25, 0.3) is 0 Å². The zero-order chi connectivity index (χ0) is 14.0. The Morgan fingerprint density at radius 2 is 1.95 bits per heavy atom. The molecule has 4 N–H and O–H groups in total. The number of aromatic nitrogens is 2. The summed E-state index contributed by atoms with van der Waals surface area (Å²) in [4.78, 5) is 0.254. The molecule has 6 nitrogen and oxygen atoms in total. The minimum Gasteiger partial charge on any atom is -0.326 e. The van der Waals surface area contributed by atoms with Gasteiger partial charge >= 0.3 is 0 Å². The predicted octanol–water partition coefficient (Wildman–Crippen LogP) is 0.965. The average molecular weight is 286 g/mol. The number of H-pyrrole nitrogens is 1. The van der Waals surface area contributed by atoms with Crippen molar-refractivity contribution in [2.75, 3.05) is 0 Å². The first-order valence-corrected chi connectivity index (χ1v) is 8.19. The summed E-state index contributed by atoms with van der Waals surface area (Å²) >= 11 is 0. The van der Waals surface area contributed by atoms with Gasteiger partial charge in [0.2, 0.25) is 10.0 Å². The van der Waals surface area contributed by atoms with Crippen molar-refractivity contribution in [2.45, 2.75) is 62.9 Å².